The van der Waals surface area contributed by atoms with Crippen molar-refractivity contribution in [1.29, 1.82) is 0 Å². The Balaban J connectivity index is 1.89. The zero-order valence-electron chi connectivity index (χ0n) is 8.35. The molecule has 1 radical (unpaired) electrons. The third-order valence-electron chi connectivity index (χ3n) is 2.96. The summed E-state index contributed by atoms with van der Waals surface area (Å²) in [7, 11) is 0. The molecule has 0 atom stereocenters. The van der Waals surface area contributed by atoms with Crippen LogP contribution in [0.4, 0.5) is 0 Å². The van der Waals surface area contributed by atoms with Crippen LogP contribution in [0.15, 0.2) is 0 Å². The van der Waals surface area contributed by atoms with E-state index in [1.165, 1.54) is 44.9 Å². The zero-order chi connectivity index (χ0) is 9.36. The fourth-order valence-corrected chi connectivity index (χ4v) is 2.17. The van der Waals surface area contributed by atoms with Gasteiger partial charge in [0.2, 0.25) is 0 Å². The quantitative estimate of drug-likeness (QED) is 0.496. The molecule has 1 aliphatic carbocycles. The van der Waals surface area contributed by atoms with Crippen molar-refractivity contribution >= 4 is 6.41 Å². The lowest BCUT2D eigenvalue weighted by molar-refractivity contribution is 0.330. The number of unbranched alkanes of at least 4 members (excludes halogenated alkanes) is 1. The van der Waals surface area contributed by atoms with Crippen molar-refractivity contribution in [2.24, 2.45) is 5.92 Å². The summed E-state index contributed by atoms with van der Waals surface area (Å²) in [5, 5.41) is 2.58. The van der Waals surface area contributed by atoms with Gasteiger partial charge in [-0.3, -0.25) is 4.79 Å². The summed E-state index contributed by atoms with van der Waals surface area (Å²) >= 11 is 0. The highest BCUT2D eigenvalue weighted by Gasteiger charge is 2.12. The van der Waals surface area contributed by atoms with Gasteiger partial charge >= 0.3 is 6.41 Å². The summed E-state index contributed by atoms with van der Waals surface area (Å²) in [5.41, 5.74) is 0. The Morgan fingerprint density at radius 3 is 2.62 bits per heavy atom. The van der Waals surface area contributed by atoms with E-state index < -0.39 is 0 Å². The van der Waals surface area contributed by atoms with Gasteiger partial charge in [-0.25, -0.2) is 0 Å². The topological polar surface area (TPSA) is 29.1 Å². The molecule has 1 saturated carbocycles. The summed E-state index contributed by atoms with van der Waals surface area (Å²) in [4.78, 5) is 9.83. The van der Waals surface area contributed by atoms with E-state index in [4.69, 9.17) is 0 Å². The van der Waals surface area contributed by atoms with Crippen LogP contribution in [0.1, 0.15) is 51.4 Å². The first-order valence-electron chi connectivity index (χ1n) is 5.53. The molecule has 75 valence electrons. The van der Waals surface area contributed by atoms with Gasteiger partial charge in [0.05, 0.1) is 0 Å². The molecule has 1 fully saturated rings. The molecule has 0 aromatic heterocycles. The average molecular weight is 182 g/mol. The van der Waals surface area contributed by atoms with Crippen molar-refractivity contribution in [3.8, 4) is 0 Å². The molecule has 2 heteroatoms. The molecular weight excluding hydrogens is 162 g/mol. The molecule has 0 saturated heterocycles. The Kier molecular flexibility index (Phi) is 5.62. The Hall–Kier alpha value is -0.530. The minimum atomic E-state index is 0.802. The Bertz CT molecular complexity index is 130. The van der Waals surface area contributed by atoms with Crippen molar-refractivity contribution in [3.63, 3.8) is 0 Å². The van der Waals surface area contributed by atoms with Crippen LogP contribution >= 0.6 is 0 Å². The third-order valence-corrected chi connectivity index (χ3v) is 2.96. The van der Waals surface area contributed by atoms with Crippen LogP contribution in [0.2, 0.25) is 0 Å². The average Bonchev–Trinajstić information content (AvgIpc) is 2.19. The SMILES string of the molecule is O=[C]NCCCCC1CCCCC1. The second kappa shape index (κ2) is 6.93. The van der Waals surface area contributed by atoms with E-state index in [1.807, 2.05) is 0 Å². The maximum Gasteiger partial charge on any atom is 0.309 e. The standard InChI is InChI=1S/C11H20NO/c13-10-12-9-5-4-8-11-6-2-1-3-7-11/h11H,1-9H2,(H,12,13). The zero-order valence-corrected chi connectivity index (χ0v) is 8.35. The summed E-state index contributed by atoms with van der Waals surface area (Å²) in [6.07, 6.45) is 12.6. The predicted octanol–water partition coefficient (Wildman–Crippen LogP) is 2.39. The van der Waals surface area contributed by atoms with Crippen molar-refractivity contribution in [2.45, 2.75) is 51.4 Å². The summed E-state index contributed by atoms with van der Waals surface area (Å²) < 4.78 is 0. The van der Waals surface area contributed by atoms with Crippen molar-refractivity contribution in [2.75, 3.05) is 6.54 Å². The van der Waals surface area contributed by atoms with Gasteiger partial charge in [-0.15, -0.1) is 0 Å². The molecule has 0 aliphatic heterocycles. The molecule has 0 unspecified atom stereocenters. The van der Waals surface area contributed by atoms with E-state index in [9.17, 15) is 4.79 Å². The molecular formula is C11H20NO. The van der Waals surface area contributed by atoms with Gasteiger partial charge in [0.1, 0.15) is 0 Å². The van der Waals surface area contributed by atoms with E-state index in [0.29, 0.717) is 0 Å². The summed E-state index contributed by atoms with van der Waals surface area (Å²) in [6.45, 7) is 0.802. The van der Waals surface area contributed by atoms with E-state index in [1.54, 1.807) is 6.41 Å². The minimum Gasteiger partial charge on any atom is -0.348 e. The molecule has 0 aromatic carbocycles. The predicted molar refractivity (Wildman–Crippen MR) is 54.1 cm³/mol. The maximum atomic E-state index is 9.83. The van der Waals surface area contributed by atoms with Crippen molar-refractivity contribution in [1.82, 2.24) is 5.32 Å². The van der Waals surface area contributed by atoms with Gasteiger partial charge in [-0.1, -0.05) is 44.9 Å². The lowest BCUT2D eigenvalue weighted by Crippen LogP contribution is -2.12. The molecule has 2 nitrogen and oxygen atoms in total. The second-order valence-corrected chi connectivity index (χ2v) is 4.03. The normalized spacial score (nSPS) is 18.5. The maximum absolute atomic E-state index is 9.83. The molecule has 13 heavy (non-hydrogen) atoms. The van der Waals surface area contributed by atoms with Crippen molar-refractivity contribution in [3.05, 3.63) is 0 Å². The Labute approximate surface area is 81.1 Å². The van der Waals surface area contributed by atoms with Crippen LogP contribution in [-0.4, -0.2) is 13.0 Å². The molecule has 1 rings (SSSR count). The molecule has 1 amide bonds. The van der Waals surface area contributed by atoms with Crippen molar-refractivity contribution < 1.29 is 4.79 Å². The number of nitrogens with one attached hydrogen (secondary N) is 1. The van der Waals surface area contributed by atoms with Gasteiger partial charge in [-0.05, 0) is 12.3 Å². The molecule has 1 aliphatic rings. The number of rotatable bonds is 6. The molecule has 0 bridgehead atoms. The van der Waals surface area contributed by atoms with Crippen LogP contribution in [0.25, 0.3) is 0 Å². The third kappa shape index (κ3) is 4.91. The first kappa shape index (κ1) is 10.6. The summed E-state index contributed by atoms with van der Waals surface area (Å²) in [6, 6.07) is 0. The first-order valence-corrected chi connectivity index (χ1v) is 5.53. The second-order valence-electron chi connectivity index (χ2n) is 4.03. The minimum absolute atomic E-state index is 0.802. The number of carbonyl (C=O) groups excluding carboxylic acids is 1. The highest BCUT2D eigenvalue weighted by molar-refractivity contribution is 5.46. The van der Waals surface area contributed by atoms with E-state index in [0.717, 1.165) is 18.9 Å². The Morgan fingerprint density at radius 2 is 1.92 bits per heavy atom. The van der Waals surface area contributed by atoms with Crippen LogP contribution < -0.4 is 5.32 Å². The van der Waals surface area contributed by atoms with Crippen LogP contribution in [0, 0.1) is 5.92 Å². The fraction of sp³-hybridized carbons (Fsp3) is 0.909. The lowest BCUT2D eigenvalue weighted by atomic mass is 9.86. The number of hydrogen-bond donors (Lipinski definition) is 1. The lowest BCUT2D eigenvalue weighted by Gasteiger charge is -2.21. The van der Waals surface area contributed by atoms with Gasteiger partial charge in [0.25, 0.3) is 0 Å². The largest absolute Gasteiger partial charge is 0.348 e. The monoisotopic (exact) mass is 182 g/mol. The first-order chi connectivity index (χ1) is 6.43. The fourth-order valence-electron chi connectivity index (χ4n) is 2.17. The molecule has 0 heterocycles. The van der Waals surface area contributed by atoms with Gasteiger partial charge in [0, 0.05) is 6.54 Å². The summed E-state index contributed by atoms with van der Waals surface area (Å²) in [5.74, 6) is 0.981. The number of hydrogen-bond acceptors (Lipinski definition) is 1. The Morgan fingerprint density at radius 1 is 1.15 bits per heavy atom. The molecule has 0 aromatic rings. The van der Waals surface area contributed by atoms with Gasteiger partial charge < -0.3 is 5.32 Å². The van der Waals surface area contributed by atoms with E-state index >= 15 is 0 Å². The van der Waals surface area contributed by atoms with Crippen LogP contribution in [0.5, 0.6) is 0 Å². The van der Waals surface area contributed by atoms with Crippen LogP contribution in [0.3, 0.4) is 0 Å². The highest BCUT2D eigenvalue weighted by atomic mass is 16.1. The van der Waals surface area contributed by atoms with Gasteiger partial charge in [0.15, 0.2) is 0 Å². The van der Waals surface area contributed by atoms with Gasteiger partial charge in [-0.2, -0.15) is 0 Å². The van der Waals surface area contributed by atoms with E-state index in [2.05, 4.69) is 5.32 Å². The van der Waals surface area contributed by atoms with Crippen LogP contribution in [-0.2, 0) is 4.79 Å². The highest BCUT2D eigenvalue weighted by Crippen LogP contribution is 2.27. The smallest absolute Gasteiger partial charge is 0.309 e. The molecule has 1 N–H and O–H groups in total. The van der Waals surface area contributed by atoms with E-state index in [-0.39, 0.29) is 0 Å². The molecule has 0 spiro atoms. The number of amides is 1.